The molecule has 1 amide bonds. The first-order valence-electron chi connectivity index (χ1n) is 19.3. The predicted molar refractivity (Wildman–Crippen MR) is 233 cm³/mol. The molecule has 16 heteroatoms. The molecule has 1 saturated heterocycles. The van der Waals surface area contributed by atoms with Gasteiger partial charge in [0, 0.05) is 31.1 Å². The summed E-state index contributed by atoms with van der Waals surface area (Å²) >= 11 is 0. The molecule has 14 nitrogen and oxygen atoms in total. The summed E-state index contributed by atoms with van der Waals surface area (Å²) in [5.41, 5.74) is 2.90. The molecule has 0 spiro atoms. The molecule has 60 heavy (non-hydrogen) atoms. The van der Waals surface area contributed by atoms with E-state index in [-0.39, 0.29) is 24.9 Å². The van der Waals surface area contributed by atoms with E-state index in [4.69, 9.17) is 9.47 Å². The van der Waals surface area contributed by atoms with E-state index in [2.05, 4.69) is 21.5 Å². The van der Waals surface area contributed by atoms with Gasteiger partial charge in [-0.15, -0.1) is 0 Å². The summed E-state index contributed by atoms with van der Waals surface area (Å²) in [5.74, 6) is -0.911. The number of benzene rings is 4. The van der Waals surface area contributed by atoms with Crippen LogP contribution >= 0.6 is 0 Å². The maximum absolute atomic E-state index is 13.5. The predicted octanol–water partition coefficient (Wildman–Crippen LogP) is 6.75. The number of anilines is 2. The fourth-order valence-electron chi connectivity index (χ4n) is 6.15. The van der Waals surface area contributed by atoms with E-state index in [0.717, 1.165) is 29.4 Å². The van der Waals surface area contributed by atoms with Gasteiger partial charge in [0.15, 0.2) is 0 Å². The van der Waals surface area contributed by atoms with Crippen LogP contribution in [0.15, 0.2) is 121 Å². The van der Waals surface area contributed by atoms with Crippen molar-refractivity contribution < 1.29 is 45.4 Å². The molecule has 0 aliphatic carbocycles. The van der Waals surface area contributed by atoms with Gasteiger partial charge in [0.05, 0.1) is 55.6 Å². The number of alkyl carbamates (subject to hydrolysis) is 1. The Morgan fingerprint density at radius 1 is 0.717 bits per heavy atom. The van der Waals surface area contributed by atoms with Crippen LogP contribution in [0.1, 0.15) is 65.5 Å². The maximum atomic E-state index is 13.5. The Bertz CT molecular complexity index is 2240. The summed E-state index contributed by atoms with van der Waals surface area (Å²) in [6, 6.07) is 31.1. The Morgan fingerprint density at radius 3 is 1.57 bits per heavy atom. The molecule has 0 bridgehead atoms. The average molecular weight is 863 g/mol. The van der Waals surface area contributed by atoms with Crippen molar-refractivity contribution in [2.75, 3.05) is 48.2 Å². The quantitative estimate of drug-likeness (QED) is 0.0992. The van der Waals surface area contributed by atoms with Crippen LogP contribution in [0, 0.1) is 0 Å². The topological polar surface area (TPSA) is 169 Å². The minimum Gasteiger partial charge on any atom is -0.465 e. The molecule has 322 valence electrons. The molecule has 0 unspecified atom stereocenters. The summed E-state index contributed by atoms with van der Waals surface area (Å²) < 4.78 is 68.9. The van der Waals surface area contributed by atoms with Gasteiger partial charge in [-0.3, -0.25) is 8.61 Å². The van der Waals surface area contributed by atoms with Gasteiger partial charge in [-0.2, -0.15) is 0 Å². The highest BCUT2D eigenvalue weighted by molar-refractivity contribution is 7.95. The maximum Gasteiger partial charge on any atom is 0.407 e. The van der Waals surface area contributed by atoms with E-state index in [0.29, 0.717) is 42.1 Å². The van der Waals surface area contributed by atoms with E-state index < -0.39 is 43.7 Å². The van der Waals surface area contributed by atoms with Crippen molar-refractivity contribution in [1.82, 2.24) is 10.2 Å². The van der Waals surface area contributed by atoms with Crippen molar-refractivity contribution in [3.05, 3.63) is 143 Å². The third-order valence-electron chi connectivity index (χ3n) is 9.32. The zero-order valence-electron chi connectivity index (χ0n) is 34.7. The van der Waals surface area contributed by atoms with Crippen LogP contribution in [0.3, 0.4) is 0 Å². The Labute approximate surface area is 353 Å². The van der Waals surface area contributed by atoms with Gasteiger partial charge < -0.3 is 24.4 Å². The largest absolute Gasteiger partial charge is 0.465 e. The molecule has 0 atom stereocenters. The minimum atomic E-state index is -3.65. The van der Waals surface area contributed by atoms with E-state index in [1.165, 1.54) is 22.8 Å². The number of nitrogens with one attached hydrogen (secondary N) is 1. The van der Waals surface area contributed by atoms with E-state index in [9.17, 15) is 31.2 Å². The normalized spacial score (nSPS) is 13.5. The van der Waals surface area contributed by atoms with Crippen LogP contribution in [0.25, 0.3) is 0 Å². The van der Waals surface area contributed by atoms with Crippen molar-refractivity contribution >= 4 is 49.5 Å². The average Bonchev–Trinajstić information content (AvgIpc) is 3.24. The highest BCUT2D eigenvalue weighted by Crippen LogP contribution is 2.24. The van der Waals surface area contributed by atoms with Gasteiger partial charge in [-0.1, -0.05) is 67.2 Å². The SMILES string of the molecule is C=CS(=O)(=O)N(Cc1ccc(C(=O)OC)cc1)c1ccccc1.COC(=O)c1ccc(CN(c2ccccc2)S(=O)(=O)CCN2CCC(NC(=O)OC(C)(C)C)CC2)cc1. The van der Waals surface area contributed by atoms with Crippen LogP contribution in [0.4, 0.5) is 16.2 Å². The van der Waals surface area contributed by atoms with E-state index in [1.54, 1.807) is 97.1 Å². The molecule has 0 saturated carbocycles. The first kappa shape index (κ1) is 47.0. The first-order chi connectivity index (χ1) is 28.4. The Kier molecular flexibility index (Phi) is 16.8. The van der Waals surface area contributed by atoms with Gasteiger partial charge in [-0.25, -0.2) is 31.2 Å². The molecule has 1 heterocycles. The number of hydrogen-bond acceptors (Lipinski definition) is 11. The zero-order chi connectivity index (χ0) is 43.9. The van der Waals surface area contributed by atoms with E-state index in [1.807, 2.05) is 32.9 Å². The number of carbonyl (C=O) groups excluding carboxylic acids is 3. The van der Waals surface area contributed by atoms with Crippen molar-refractivity contribution in [1.29, 1.82) is 0 Å². The second-order valence-corrected chi connectivity index (χ2v) is 18.7. The zero-order valence-corrected chi connectivity index (χ0v) is 36.3. The third-order valence-corrected chi connectivity index (χ3v) is 12.4. The van der Waals surface area contributed by atoms with Crippen molar-refractivity contribution in [3.63, 3.8) is 0 Å². The molecule has 1 aliphatic rings. The van der Waals surface area contributed by atoms with Crippen LogP contribution in [-0.4, -0.2) is 91.0 Å². The summed E-state index contributed by atoms with van der Waals surface area (Å²) in [6.07, 6.45) is 1.04. The lowest BCUT2D eigenvalue weighted by Gasteiger charge is -2.33. The lowest BCUT2D eigenvalue weighted by Crippen LogP contribution is -2.47. The number of para-hydroxylation sites is 2. The highest BCUT2D eigenvalue weighted by Gasteiger charge is 2.27. The standard InChI is InChI=1S/C27H37N3O6S.C17H17NO4S/c1-27(2,3)36-26(32)28-23-14-16-29(17-15-23)18-19-37(33,34)30(24-8-6-5-7-9-24)20-21-10-12-22(13-11-21)25(31)35-4;1-3-23(20,21)18(16-7-5-4-6-8-16)13-14-9-11-15(12-10-14)17(19)22-2/h5-13,23H,14-20H2,1-4H3,(H,28,32);3-12H,1,13H2,2H3. The smallest absolute Gasteiger partial charge is 0.407 e. The Morgan fingerprint density at radius 2 is 1.15 bits per heavy atom. The number of carbonyl (C=O) groups is 3. The van der Waals surface area contributed by atoms with Gasteiger partial charge >= 0.3 is 18.0 Å². The number of hydrogen-bond donors (Lipinski definition) is 1. The molecule has 5 rings (SSSR count). The fraction of sp³-hybridized carbons (Fsp3) is 0.341. The third kappa shape index (κ3) is 14.2. The van der Waals surface area contributed by atoms with Crippen molar-refractivity contribution in [2.45, 2.75) is 58.3 Å². The number of nitrogens with zero attached hydrogens (tertiary/aromatic N) is 3. The molecule has 1 N–H and O–H groups in total. The Balaban J connectivity index is 0.000000295. The van der Waals surface area contributed by atoms with Crippen LogP contribution in [0.2, 0.25) is 0 Å². The fourth-order valence-corrected chi connectivity index (χ4v) is 8.57. The Hall–Kier alpha value is -5.71. The van der Waals surface area contributed by atoms with Crippen LogP contribution in [-0.2, 0) is 47.3 Å². The summed E-state index contributed by atoms with van der Waals surface area (Å²) in [6.45, 7) is 10.9. The summed E-state index contributed by atoms with van der Waals surface area (Å²) in [5, 5.41) is 3.83. The molecule has 0 aromatic heterocycles. The van der Waals surface area contributed by atoms with Gasteiger partial charge in [0.1, 0.15) is 5.60 Å². The first-order valence-corrected chi connectivity index (χ1v) is 22.4. The number of ether oxygens (including phenoxy) is 3. The van der Waals surface area contributed by atoms with Gasteiger partial charge in [0.2, 0.25) is 10.0 Å². The van der Waals surface area contributed by atoms with Crippen LogP contribution in [0.5, 0.6) is 0 Å². The molecular weight excluding hydrogens is 809 g/mol. The summed E-state index contributed by atoms with van der Waals surface area (Å²) in [7, 11) is -4.65. The number of esters is 2. The molecule has 1 fully saturated rings. The number of likely N-dealkylation sites (tertiary alicyclic amines) is 1. The number of rotatable bonds is 15. The highest BCUT2D eigenvalue weighted by atomic mass is 32.2. The lowest BCUT2D eigenvalue weighted by molar-refractivity contribution is 0.0478. The monoisotopic (exact) mass is 862 g/mol. The van der Waals surface area contributed by atoms with E-state index >= 15 is 0 Å². The summed E-state index contributed by atoms with van der Waals surface area (Å²) in [4.78, 5) is 37.3. The number of piperidine rings is 1. The van der Waals surface area contributed by atoms with Crippen molar-refractivity contribution in [3.8, 4) is 0 Å². The van der Waals surface area contributed by atoms with Gasteiger partial charge in [0.25, 0.3) is 10.0 Å². The number of amides is 1. The second kappa shape index (κ2) is 21.5. The lowest BCUT2D eigenvalue weighted by atomic mass is 10.1. The van der Waals surface area contributed by atoms with Crippen molar-refractivity contribution in [2.24, 2.45) is 0 Å². The molecule has 0 radical (unpaired) electrons. The molecule has 1 aliphatic heterocycles. The minimum absolute atomic E-state index is 0.0106. The molecule has 4 aromatic carbocycles. The molecule has 4 aromatic rings. The van der Waals surface area contributed by atoms with Gasteiger partial charge in [-0.05, 0) is 93.3 Å². The number of methoxy groups -OCH3 is 2. The van der Waals surface area contributed by atoms with Crippen LogP contribution < -0.4 is 13.9 Å². The molecular formula is C44H54N4O10S2. The number of sulfonamides is 2. The second-order valence-electron chi connectivity index (χ2n) is 14.9.